The summed E-state index contributed by atoms with van der Waals surface area (Å²) in [6.45, 7) is 4.94. The Bertz CT molecular complexity index is 537. The number of carbonyl (C=O) groups is 2. The molecular weight excluding hydrogens is 287 g/mol. The minimum Gasteiger partial charge on any atom is -0.340 e. The fourth-order valence-electron chi connectivity index (χ4n) is 2.07. The maximum atomic E-state index is 12.5. The van der Waals surface area contributed by atoms with Crippen molar-refractivity contribution in [2.24, 2.45) is 0 Å². The van der Waals surface area contributed by atoms with Crippen molar-refractivity contribution in [2.75, 3.05) is 4.90 Å². The van der Waals surface area contributed by atoms with Gasteiger partial charge in [-0.1, -0.05) is 29.3 Å². The Labute approximate surface area is 121 Å². The van der Waals surface area contributed by atoms with Gasteiger partial charge in [0.2, 0.25) is 5.91 Å². The molecule has 2 amide bonds. The summed E-state index contributed by atoms with van der Waals surface area (Å²) in [6, 6.07) is 4.32. The highest BCUT2D eigenvalue weighted by Gasteiger charge is 2.45. The largest absolute Gasteiger partial charge is 0.340 e. The second kappa shape index (κ2) is 4.69. The molecule has 1 N–H and O–H groups in total. The molecule has 1 unspecified atom stereocenters. The molecule has 1 saturated heterocycles. The number of nitrogens with one attached hydrogen (secondary N) is 1. The molecule has 0 bridgehead atoms. The van der Waals surface area contributed by atoms with E-state index in [9.17, 15) is 9.59 Å². The SMILES string of the molecule is CC1C(=O)NC(C)(C)C(=O)N1c1c(Cl)cccc1Cl. The van der Waals surface area contributed by atoms with Crippen molar-refractivity contribution in [2.45, 2.75) is 32.4 Å². The van der Waals surface area contributed by atoms with E-state index in [-0.39, 0.29) is 11.8 Å². The van der Waals surface area contributed by atoms with E-state index in [0.29, 0.717) is 15.7 Å². The summed E-state index contributed by atoms with van der Waals surface area (Å²) in [5.41, 5.74) is -0.599. The highest BCUT2D eigenvalue weighted by molar-refractivity contribution is 6.40. The number of hydrogen-bond donors (Lipinski definition) is 1. The van der Waals surface area contributed by atoms with Crippen LogP contribution in [-0.2, 0) is 9.59 Å². The van der Waals surface area contributed by atoms with Crippen LogP contribution in [0.4, 0.5) is 5.69 Å². The van der Waals surface area contributed by atoms with Crippen molar-refractivity contribution in [3.63, 3.8) is 0 Å². The summed E-state index contributed by atoms with van der Waals surface area (Å²) in [4.78, 5) is 25.8. The van der Waals surface area contributed by atoms with Gasteiger partial charge in [-0.15, -0.1) is 0 Å². The van der Waals surface area contributed by atoms with Crippen molar-refractivity contribution in [3.8, 4) is 0 Å². The number of carbonyl (C=O) groups excluding carboxylic acids is 2. The Hall–Kier alpha value is -1.26. The van der Waals surface area contributed by atoms with Gasteiger partial charge in [0.25, 0.3) is 5.91 Å². The fourth-order valence-corrected chi connectivity index (χ4v) is 2.65. The first kappa shape index (κ1) is 14.2. The first-order valence-electron chi connectivity index (χ1n) is 5.85. The lowest BCUT2D eigenvalue weighted by atomic mass is 9.96. The van der Waals surface area contributed by atoms with E-state index in [0.717, 1.165) is 0 Å². The van der Waals surface area contributed by atoms with Crippen LogP contribution in [-0.4, -0.2) is 23.4 Å². The van der Waals surface area contributed by atoms with Crippen molar-refractivity contribution in [3.05, 3.63) is 28.2 Å². The molecule has 0 spiro atoms. The highest BCUT2D eigenvalue weighted by atomic mass is 35.5. The third-order valence-corrected chi connectivity index (χ3v) is 3.74. The van der Waals surface area contributed by atoms with Crippen LogP contribution in [0.15, 0.2) is 18.2 Å². The standard InChI is InChI=1S/C13H14Cl2N2O2/c1-7-11(18)16-13(2,3)12(19)17(7)10-8(14)5-4-6-9(10)15/h4-7H,1-3H3,(H,16,18). The van der Waals surface area contributed by atoms with Crippen LogP contribution >= 0.6 is 23.2 Å². The van der Waals surface area contributed by atoms with Gasteiger partial charge in [0, 0.05) is 0 Å². The first-order valence-corrected chi connectivity index (χ1v) is 6.61. The topological polar surface area (TPSA) is 49.4 Å². The van der Waals surface area contributed by atoms with Gasteiger partial charge in [-0.2, -0.15) is 0 Å². The molecule has 6 heteroatoms. The number of hydrogen-bond acceptors (Lipinski definition) is 2. The minimum absolute atomic E-state index is 0.236. The van der Waals surface area contributed by atoms with Gasteiger partial charge in [-0.05, 0) is 32.9 Å². The summed E-state index contributed by atoms with van der Waals surface area (Å²) in [6.07, 6.45) is 0. The molecule has 1 fully saturated rings. The molecule has 0 aromatic heterocycles. The number of para-hydroxylation sites is 1. The van der Waals surface area contributed by atoms with E-state index in [1.807, 2.05) is 0 Å². The van der Waals surface area contributed by atoms with Crippen LogP contribution in [0.2, 0.25) is 10.0 Å². The van der Waals surface area contributed by atoms with Crippen molar-refractivity contribution in [1.29, 1.82) is 0 Å². The molecular formula is C13H14Cl2N2O2. The van der Waals surface area contributed by atoms with Gasteiger partial charge in [0.05, 0.1) is 15.7 Å². The number of halogens is 2. The normalized spacial score (nSPS) is 22.4. The average Bonchev–Trinajstić information content (AvgIpc) is 2.30. The molecule has 1 aliphatic heterocycles. The molecule has 102 valence electrons. The monoisotopic (exact) mass is 300 g/mol. The van der Waals surface area contributed by atoms with Gasteiger partial charge in [-0.25, -0.2) is 0 Å². The Balaban J connectivity index is 2.58. The smallest absolute Gasteiger partial charge is 0.252 e. The number of amides is 2. The number of rotatable bonds is 1. The fraction of sp³-hybridized carbons (Fsp3) is 0.385. The zero-order valence-electron chi connectivity index (χ0n) is 10.8. The quantitative estimate of drug-likeness (QED) is 0.867. The molecule has 0 aliphatic carbocycles. The summed E-state index contributed by atoms with van der Waals surface area (Å²) in [5.74, 6) is -0.477. The van der Waals surface area contributed by atoms with Crippen molar-refractivity contribution < 1.29 is 9.59 Å². The van der Waals surface area contributed by atoms with Crippen molar-refractivity contribution >= 4 is 40.7 Å². The van der Waals surface area contributed by atoms with Gasteiger partial charge in [-0.3, -0.25) is 14.5 Å². The predicted octanol–water partition coefficient (Wildman–Crippen LogP) is 2.62. The van der Waals surface area contributed by atoms with Crippen LogP contribution < -0.4 is 10.2 Å². The van der Waals surface area contributed by atoms with Crippen LogP contribution in [0.5, 0.6) is 0 Å². The number of anilines is 1. The summed E-state index contributed by atoms with van der Waals surface area (Å²) >= 11 is 12.2. The molecule has 1 atom stereocenters. The predicted molar refractivity (Wildman–Crippen MR) is 75.6 cm³/mol. The molecule has 0 saturated carbocycles. The lowest BCUT2D eigenvalue weighted by molar-refractivity contribution is -0.136. The molecule has 1 aromatic rings. The maximum Gasteiger partial charge on any atom is 0.252 e. The van der Waals surface area contributed by atoms with Crippen LogP contribution in [0, 0.1) is 0 Å². The van der Waals surface area contributed by atoms with E-state index < -0.39 is 11.6 Å². The van der Waals surface area contributed by atoms with Crippen LogP contribution in [0.25, 0.3) is 0 Å². The van der Waals surface area contributed by atoms with E-state index in [2.05, 4.69) is 5.32 Å². The third-order valence-electron chi connectivity index (χ3n) is 3.13. The zero-order chi connectivity index (χ0) is 14.4. The highest BCUT2D eigenvalue weighted by Crippen LogP contribution is 2.37. The average molecular weight is 301 g/mol. The Morgan fingerprint density at radius 1 is 1.21 bits per heavy atom. The zero-order valence-corrected chi connectivity index (χ0v) is 12.3. The van der Waals surface area contributed by atoms with E-state index in [1.165, 1.54) is 4.90 Å². The number of piperazine rings is 1. The second-order valence-electron chi connectivity index (χ2n) is 5.04. The lowest BCUT2D eigenvalue weighted by Gasteiger charge is -2.42. The molecule has 1 heterocycles. The summed E-state index contributed by atoms with van der Waals surface area (Å²) in [5, 5.41) is 3.37. The Kier molecular flexibility index (Phi) is 3.49. The van der Waals surface area contributed by atoms with Gasteiger partial charge in [0.1, 0.15) is 11.6 Å². The van der Waals surface area contributed by atoms with Crippen LogP contribution in [0.1, 0.15) is 20.8 Å². The second-order valence-corrected chi connectivity index (χ2v) is 5.85. The summed E-state index contributed by atoms with van der Waals surface area (Å²) in [7, 11) is 0. The molecule has 1 aromatic carbocycles. The van der Waals surface area contributed by atoms with Crippen molar-refractivity contribution in [1.82, 2.24) is 5.32 Å². The number of benzene rings is 1. The third kappa shape index (κ3) is 2.30. The van der Waals surface area contributed by atoms with Gasteiger partial charge < -0.3 is 5.32 Å². The first-order chi connectivity index (χ1) is 8.75. The van der Waals surface area contributed by atoms with E-state index in [4.69, 9.17) is 23.2 Å². The lowest BCUT2D eigenvalue weighted by Crippen LogP contribution is -2.67. The van der Waals surface area contributed by atoms with Gasteiger partial charge in [0.15, 0.2) is 0 Å². The minimum atomic E-state index is -0.980. The Morgan fingerprint density at radius 2 is 1.74 bits per heavy atom. The van der Waals surface area contributed by atoms with Crippen LogP contribution in [0.3, 0.4) is 0 Å². The molecule has 1 aliphatic rings. The molecule has 0 radical (unpaired) electrons. The molecule has 4 nitrogen and oxygen atoms in total. The maximum absolute atomic E-state index is 12.5. The Morgan fingerprint density at radius 3 is 2.26 bits per heavy atom. The van der Waals surface area contributed by atoms with E-state index >= 15 is 0 Å². The summed E-state index contributed by atoms with van der Waals surface area (Å²) < 4.78 is 0. The number of nitrogens with zero attached hydrogens (tertiary/aromatic N) is 1. The molecule has 2 rings (SSSR count). The van der Waals surface area contributed by atoms with Gasteiger partial charge >= 0.3 is 0 Å². The molecule has 19 heavy (non-hydrogen) atoms. The van der Waals surface area contributed by atoms with E-state index in [1.54, 1.807) is 39.0 Å².